The van der Waals surface area contributed by atoms with Crippen molar-refractivity contribution in [1.29, 1.82) is 0 Å². The van der Waals surface area contributed by atoms with Gasteiger partial charge in [-0.3, -0.25) is 9.59 Å². The van der Waals surface area contributed by atoms with Gasteiger partial charge in [0.25, 0.3) is 5.91 Å². The molecular formula is C15H20N2O2. The van der Waals surface area contributed by atoms with Crippen LogP contribution in [0.5, 0.6) is 0 Å². The molecule has 0 spiro atoms. The molecule has 0 bridgehead atoms. The van der Waals surface area contributed by atoms with Crippen molar-refractivity contribution in [3.63, 3.8) is 0 Å². The fraction of sp³-hybridized carbons (Fsp3) is 0.467. The average molecular weight is 260 g/mol. The summed E-state index contributed by atoms with van der Waals surface area (Å²) in [6.07, 6.45) is 4.27. The minimum absolute atomic E-state index is 0.0869. The maximum absolute atomic E-state index is 11.9. The Morgan fingerprint density at radius 1 is 1.16 bits per heavy atom. The Morgan fingerprint density at radius 2 is 1.79 bits per heavy atom. The number of carbonyl (C=O) groups is 2. The Balaban J connectivity index is 1.94. The van der Waals surface area contributed by atoms with E-state index in [2.05, 4.69) is 10.6 Å². The van der Waals surface area contributed by atoms with E-state index in [0.29, 0.717) is 12.1 Å². The van der Waals surface area contributed by atoms with Gasteiger partial charge in [-0.25, -0.2) is 0 Å². The molecule has 4 heteroatoms. The number of hydrogen-bond acceptors (Lipinski definition) is 2. The molecule has 102 valence electrons. The normalized spacial score (nSPS) is 15.2. The van der Waals surface area contributed by atoms with Crippen LogP contribution in [0.4, 0.5) is 5.69 Å². The van der Waals surface area contributed by atoms with Crippen LogP contribution < -0.4 is 10.6 Å². The number of benzene rings is 1. The summed E-state index contributed by atoms with van der Waals surface area (Å²) in [4.78, 5) is 23.5. The lowest BCUT2D eigenvalue weighted by molar-refractivity contribution is -0.119. The van der Waals surface area contributed by atoms with Gasteiger partial charge in [-0.2, -0.15) is 0 Å². The van der Waals surface area contributed by atoms with Crippen molar-refractivity contribution in [3.05, 3.63) is 29.8 Å². The highest BCUT2D eigenvalue weighted by Gasteiger charge is 2.22. The average Bonchev–Trinajstić information content (AvgIpc) is 2.94. The molecular weight excluding hydrogens is 240 g/mol. The van der Waals surface area contributed by atoms with Gasteiger partial charge in [0.2, 0.25) is 5.91 Å². The van der Waals surface area contributed by atoms with Crippen molar-refractivity contribution in [2.75, 3.05) is 11.9 Å². The molecule has 0 aliphatic heterocycles. The smallest absolute Gasteiger partial charge is 0.251 e. The van der Waals surface area contributed by atoms with Crippen LogP contribution in [-0.2, 0) is 4.79 Å². The molecule has 1 fully saturated rings. The van der Waals surface area contributed by atoms with Crippen molar-refractivity contribution < 1.29 is 9.59 Å². The van der Waals surface area contributed by atoms with Crippen LogP contribution in [0.3, 0.4) is 0 Å². The summed E-state index contributed by atoms with van der Waals surface area (Å²) >= 11 is 0. The number of rotatable bonds is 4. The summed E-state index contributed by atoms with van der Waals surface area (Å²) in [5.74, 6) is 0.169. The van der Waals surface area contributed by atoms with Gasteiger partial charge in [-0.05, 0) is 44.0 Å². The van der Waals surface area contributed by atoms with Crippen molar-refractivity contribution >= 4 is 17.5 Å². The topological polar surface area (TPSA) is 58.2 Å². The Morgan fingerprint density at radius 3 is 2.37 bits per heavy atom. The Bertz CT molecular complexity index is 448. The number of anilines is 1. The molecule has 2 rings (SSSR count). The zero-order chi connectivity index (χ0) is 13.7. The van der Waals surface area contributed by atoms with Gasteiger partial charge < -0.3 is 10.6 Å². The molecule has 0 unspecified atom stereocenters. The van der Waals surface area contributed by atoms with Crippen LogP contribution in [0.2, 0.25) is 0 Å². The largest absolute Gasteiger partial charge is 0.352 e. The summed E-state index contributed by atoms with van der Waals surface area (Å²) in [7, 11) is 0. The Labute approximate surface area is 113 Å². The quantitative estimate of drug-likeness (QED) is 0.874. The molecule has 0 heterocycles. The summed E-state index contributed by atoms with van der Waals surface area (Å²) in [5, 5.41) is 5.65. The number of hydrogen-bond donors (Lipinski definition) is 2. The van der Waals surface area contributed by atoms with E-state index >= 15 is 0 Å². The van der Waals surface area contributed by atoms with E-state index < -0.39 is 0 Å². The van der Waals surface area contributed by atoms with E-state index in [1.807, 2.05) is 6.92 Å². The number of carbonyl (C=O) groups excluding carboxylic acids is 2. The molecule has 1 aliphatic carbocycles. The van der Waals surface area contributed by atoms with Crippen molar-refractivity contribution in [1.82, 2.24) is 5.32 Å². The third kappa shape index (κ3) is 3.56. The molecule has 0 atom stereocenters. The second-order valence-electron chi connectivity index (χ2n) is 4.91. The fourth-order valence-corrected chi connectivity index (χ4v) is 2.40. The molecule has 2 N–H and O–H groups in total. The minimum atomic E-state index is -0.0869. The molecule has 4 nitrogen and oxygen atoms in total. The van der Waals surface area contributed by atoms with Crippen molar-refractivity contribution in [2.45, 2.75) is 32.6 Å². The van der Waals surface area contributed by atoms with Crippen LogP contribution in [0.1, 0.15) is 43.0 Å². The highest BCUT2D eigenvalue weighted by atomic mass is 16.2. The third-order valence-electron chi connectivity index (χ3n) is 3.48. The van der Waals surface area contributed by atoms with Crippen LogP contribution in [0.15, 0.2) is 24.3 Å². The predicted octanol–water partition coefficient (Wildman–Crippen LogP) is 2.57. The van der Waals surface area contributed by atoms with Gasteiger partial charge in [0, 0.05) is 23.7 Å². The molecule has 1 aromatic rings. The summed E-state index contributed by atoms with van der Waals surface area (Å²) in [6.45, 7) is 2.49. The van der Waals surface area contributed by atoms with E-state index in [-0.39, 0.29) is 17.7 Å². The second-order valence-corrected chi connectivity index (χ2v) is 4.91. The first-order chi connectivity index (χ1) is 9.20. The van der Waals surface area contributed by atoms with Gasteiger partial charge in [0.1, 0.15) is 0 Å². The Hall–Kier alpha value is -1.84. The lowest BCUT2D eigenvalue weighted by atomic mass is 10.1. The monoisotopic (exact) mass is 260 g/mol. The first-order valence-electron chi connectivity index (χ1n) is 6.90. The van der Waals surface area contributed by atoms with Gasteiger partial charge in [0.05, 0.1) is 0 Å². The van der Waals surface area contributed by atoms with E-state index in [4.69, 9.17) is 0 Å². The minimum Gasteiger partial charge on any atom is -0.352 e. The van der Waals surface area contributed by atoms with Crippen molar-refractivity contribution in [3.8, 4) is 0 Å². The number of nitrogens with one attached hydrogen (secondary N) is 2. The highest BCUT2D eigenvalue weighted by Crippen LogP contribution is 2.26. The van der Waals surface area contributed by atoms with Crippen LogP contribution in [-0.4, -0.2) is 18.4 Å². The standard InChI is InChI=1S/C15H20N2O2/c1-2-16-14(18)12-7-9-13(10-8-12)17-15(19)11-5-3-4-6-11/h7-11H,2-6H2,1H3,(H,16,18)(H,17,19). The molecule has 1 aromatic carbocycles. The zero-order valence-corrected chi connectivity index (χ0v) is 11.2. The molecule has 19 heavy (non-hydrogen) atoms. The predicted molar refractivity (Wildman–Crippen MR) is 75.0 cm³/mol. The first-order valence-corrected chi connectivity index (χ1v) is 6.90. The van der Waals surface area contributed by atoms with Gasteiger partial charge in [-0.1, -0.05) is 12.8 Å². The molecule has 2 amide bonds. The van der Waals surface area contributed by atoms with E-state index in [1.165, 1.54) is 0 Å². The molecule has 0 saturated heterocycles. The van der Waals surface area contributed by atoms with E-state index in [0.717, 1.165) is 31.4 Å². The Kier molecular flexibility index (Phi) is 4.55. The van der Waals surface area contributed by atoms with Gasteiger partial charge >= 0.3 is 0 Å². The second kappa shape index (κ2) is 6.36. The van der Waals surface area contributed by atoms with Gasteiger partial charge in [0.15, 0.2) is 0 Å². The maximum Gasteiger partial charge on any atom is 0.251 e. The van der Waals surface area contributed by atoms with Crippen LogP contribution >= 0.6 is 0 Å². The lowest BCUT2D eigenvalue weighted by Gasteiger charge is -2.10. The summed E-state index contributed by atoms with van der Waals surface area (Å²) < 4.78 is 0. The van der Waals surface area contributed by atoms with E-state index in [9.17, 15) is 9.59 Å². The highest BCUT2D eigenvalue weighted by molar-refractivity contribution is 5.96. The van der Waals surface area contributed by atoms with Crippen LogP contribution in [0, 0.1) is 5.92 Å². The zero-order valence-electron chi connectivity index (χ0n) is 11.2. The SMILES string of the molecule is CCNC(=O)c1ccc(NC(=O)C2CCCC2)cc1. The van der Waals surface area contributed by atoms with Gasteiger partial charge in [-0.15, -0.1) is 0 Å². The maximum atomic E-state index is 11.9. The molecule has 1 saturated carbocycles. The lowest BCUT2D eigenvalue weighted by Crippen LogP contribution is -2.23. The summed E-state index contributed by atoms with van der Waals surface area (Å²) in [6, 6.07) is 7.01. The fourth-order valence-electron chi connectivity index (χ4n) is 2.40. The molecule has 0 aromatic heterocycles. The third-order valence-corrected chi connectivity index (χ3v) is 3.48. The first kappa shape index (κ1) is 13.6. The van der Waals surface area contributed by atoms with E-state index in [1.54, 1.807) is 24.3 Å². The van der Waals surface area contributed by atoms with Crippen molar-refractivity contribution in [2.24, 2.45) is 5.92 Å². The molecule has 0 radical (unpaired) electrons. The summed E-state index contributed by atoms with van der Waals surface area (Å²) in [5.41, 5.74) is 1.37. The molecule has 1 aliphatic rings. The van der Waals surface area contributed by atoms with Crippen LogP contribution in [0.25, 0.3) is 0 Å². The number of amides is 2.